The van der Waals surface area contributed by atoms with E-state index in [0.717, 1.165) is 110 Å². The molecule has 10 fully saturated rings. The summed E-state index contributed by atoms with van der Waals surface area (Å²) in [5, 5.41) is 31.0. The molecule has 11 aromatic rings. The van der Waals surface area contributed by atoms with E-state index in [2.05, 4.69) is 68.9 Å². The summed E-state index contributed by atoms with van der Waals surface area (Å²) in [6.45, 7) is 32.1. The molecule has 2 aliphatic carbocycles. The van der Waals surface area contributed by atoms with Crippen LogP contribution in [0.3, 0.4) is 0 Å². The highest BCUT2D eigenvalue weighted by molar-refractivity contribution is 6.02. The fourth-order valence-corrected chi connectivity index (χ4v) is 20.6. The number of carboxylic acid groups (broad SMARTS) is 2. The van der Waals surface area contributed by atoms with E-state index < -0.39 is 60.3 Å². The number of alkyl carbamates (subject to hydrolysis) is 1. The molecule has 2 saturated carbocycles. The Labute approximate surface area is 873 Å². The second-order valence-electron chi connectivity index (χ2n) is 40.8. The Kier molecular flexibility index (Phi) is 35.8. The van der Waals surface area contributed by atoms with Gasteiger partial charge in [0, 0.05) is 29.7 Å². The molecule has 796 valence electrons. The lowest BCUT2D eigenvalue weighted by molar-refractivity contribution is -0.139. The van der Waals surface area contributed by atoms with Crippen molar-refractivity contribution in [2.45, 2.75) is 267 Å². The van der Waals surface area contributed by atoms with Gasteiger partial charge in [-0.3, -0.25) is 34.6 Å². The molecular formula is C115H138N12O23. The number of cyclic esters (lactones) is 5. The van der Waals surface area contributed by atoms with Gasteiger partial charge in [0.1, 0.15) is 69.3 Å². The number of hydrogen-bond acceptors (Lipinski definition) is 25. The number of carbonyl (C=O) groups is 12. The van der Waals surface area contributed by atoms with Crippen molar-refractivity contribution in [3.63, 3.8) is 0 Å². The van der Waals surface area contributed by atoms with Crippen LogP contribution in [-0.4, -0.2) is 210 Å². The highest BCUT2D eigenvalue weighted by atomic mass is 16.6. The average molecular weight is 2060 g/mol. The molecule has 35 nitrogen and oxygen atoms in total. The third-order valence-electron chi connectivity index (χ3n) is 30.1. The maximum absolute atomic E-state index is 13.2. The number of aromatic nitrogens is 4. The van der Waals surface area contributed by atoms with Crippen LogP contribution < -0.4 is 30.7 Å². The maximum atomic E-state index is 13.2. The Morgan fingerprint density at radius 3 is 1.35 bits per heavy atom. The number of piperidine rings is 1. The number of aromatic carboxylic acids is 1. The maximum Gasteiger partial charge on any atom is 0.417 e. The van der Waals surface area contributed by atoms with Crippen molar-refractivity contribution in [1.82, 2.24) is 60.0 Å². The summed E-state index contributed by atoms with van der Waals surface area (Å²) in [5.41, 5.74) is 19.2. The molecule has 0 bridgehead atoms. The van der Waals surface area contributed by atoms with Gasteiger partial charge < -0.3 is 72.0 Å². The van der Waals surface area contributed by atoms with Crippen molar-refractivity contribution in [3.8, 4) is 34.3 Å². The zero-order chi connectivity index (χ0) is 107. The molecule has 0 radical (unpaired) electrons. The van der Waals surface area contributed by atoms with Crippen molar-refractivity contribution in [3.05, 3.63) is 248 Å². The molecule has 3 unspecified atom stereocenters. The van der Waals surface area contributed by atoms with E-state index >= 15 is 0 Å². The Bertz CT molecular complexity index is 6510. The number of benzene rings is 7. The minimum absolute atomic E-state index is 0. The topological polar surface area (TPSA) is 433 Å². The first-order valence-electron chi connectivity index (χ1n) is 51.1. The number of carboxylic acids is 2. The summed E-state index contributed by atoms with van der Waals surface area (Å²) in [4.78, 5) is 159. The van der Waals surface area contributed by atoms with E-state index in [9.17, 15) is 67.7 Å². The van der Waals surface area contributed by atoms with Crippen LogP contribution in [0, 0.1) is 73.1 Å². The van der Waals surface area contributed by atoms with Gasteiger partial charge in [-0.15, -0.1) is 0 Å². The summed E-state index contributed by atoms with van der Waals surface area (Å²) in [7, 11) is 2.97. The van der Waals surface area contributed by atoms with E-state index in [4.69, 9.17) is 47.2 Å². The summed E-state index contributed by atoms with van der Waals surface area (Å²) >= 11 is 0. The molecule has 7 aromatic carbocycles. The van der Waals surface area contributed by atoms with Crippen LogP contribution in [0.2, 0.25) is 0 Å². The van der Waals surface area contributed by atoms with Crippen molar-refractivity contribution in [1.29, 1.82) is 0 Å². The van der Waals surface area contributed by atoms with E-state index in [1.54, 1.807) is 67.5 Å². The normalized spacial score (nSPS) is 21.9. The minimum atomic E-state index is -1.27. The molecule has 12 heterocycles. The van der Waals surface area contributed by atoms with E-state index in [0.29, 0.717) is 66.0 Å². The van der Waals surface area contributed by atoms with E-state index in [1.165, 1.54) is 100 Å². The number of imidazole rings is 2. The standard InChI is InChI=1S/C28H29N3O6.C18H18N2O3.C16H19NO3.C16H21NO3.2C15H18N2O3.C6H11NO2.CH4/c1-35-23-11-9-17(15-24(23)36-2)25(28(33)34)30-27(32)18-8-10-22-21(14-18)29-26(19-12-13-37-16-19)31(22)20-6-4-3-5-7-20;21-18(22)12-6-7-16-15(10-12)19-17(13-8-9-23-11-13)20(16)14-4-2-1-3-5-14;1-9-4-5-12(6-10(9)2)13-7-11(3)14-8-20-16(19)17(14)15(13)18;1-10(2)14-9-20-16(19)17(14)15(18)8-13-6-5-11(3)12(4)7-13;2*1-8-4-5-11(6-9(8)2)13-14(18)17-12(10(3)16-13)7-20-15(17)19;1-4(2)5-3-9-6(8)7-5;/h8-16,20,25H,3-7H2,1-2H3,(H,30,32)(H,33,34);6-11,14H,1-5H2,(H,21,22);4-6,11,13-14H,7-8H2,1-3H3;5-7,10,14H,8-9H2,1-4H3;2*4-6,10,12-13,16H,7H2,1-3H3;4-5H,3H2,1-2H3,(H,7,8);1H4/t25-;;11?,13-,14+;14-;2*10?,12-,13+;5-;/m0.01111./s1. The number of nitrogens with zero attached hydrogens (tertiary/aromatic N) is 8. The van der Waals surface area contributed by atoms with Crippen LogP contribution in [-0.2, 0) is 54.1 Å². The number of aryl methyl sites for hydroxylation is 8. The summed E-state index contributed by atoms with van der Waals surface area (Å²) in [6.07, 6.45) is 17.0. The SMILES string of the molecule is C.CC(C)[C@H]1COC(=O)N1.COc1ccc([C@H](NC(=O)c2ccc3c(c2)nc(-c2ccoc2)n3C2CCCCC2)C(=O)O)cc1OC.Cc1ccc(CC(=O)N2C(=O)OC[C@@H]2C(C)C)cc1C.Cc1ccc([C@@H]2CC(C)[C@H]3COC(=O)N3C2=O)cc1C.Cc1ccc([C@@H]2NC(C)[C@H]3COC(=O)N3C2=O)cc1C.Cc1ccc([C@@H]2NC(C)[C@H]3COC(=O)N3C2=O)cc1C.O=C(O)c1ccc2c(c1)nc(-c1ccoc1)n2C1CCCCC1. The lowest BCUT2D eigenvalue weighted by atomic mass is 9.80. The second kappa shape index (κ2) is 48.5. The van der Waals surface area contributed by atoms with Crippen LogP contribution in [0.5, 0.6) is 11.5 Å². The fourth-order valence-electron chi connectivity index (χ4n) is 20.6. The first kappa shape index (κ1) is 111. The molecule has 8 aliphatic heterocycles. The molecule has 150 heavy (non-hydrogen) atoms. The zero-order valence-electron chi connectivity index (χ0n) is 87.4. The van der Waals surface area contributed by atoms with Crippen molar-refractivity contribution in [2.75, 3.05) is 47.3 Å². The summed E-state index contributed by atoms with van der Waals surface area (Å²) in [5.74, 6) is -0.151. The van der Waals surface area contributed by atoms with Crippen LogP contribution in [0.4, 0.5) is 24.0 Å². The summed E-state index contributed by atoms with van der Waals surface area (Å²) < 4.78 is 50.3. The number of ether oxygens (including phenoxy) is 7. The molecule has 10 aliphatic rings. The molecule has 8 saturated heterocycles. The largest absolute Gasteiger partial charge is 0.493 e. The predicted octanol–water partition coefficient (Wildman–Crippen LogP) is 20.3. The van der Waals surface area contributed by atoms with Gasteiger partial charge in [-0.1, -0.05) is 159 Å². The predicted molar refractivity (Wildman–Crippen MR) is 561 cm³/mol. The molecule has 0 spiro atoms. The minimum Gasteiger partial charge on any atom is -0.493 e. The Hall–Kier alpha value is -15.0. The number of nitrogens with one attached hydrogen (secondary N) is 4. The smallest absolute Gasteiger partial charge is 0.417 e. The first-order valence-corrected chi connectivity index (χ1v) is 51.1. The third kappa shape index (κ3) is 24.6. The van der Waals surface area contributed by atoms with Gasteiger partial charge in [0.25, 0.3) is 17.7 Å². The number of imide groups is 4. The van der Waals surface area contributed by atoms with Crippen molar-refractivity contribution >= 4 is 94.0 Å². The molecule has 35 heteroatoms. The average Bonchev–Trinajstić information content (AvgIpc) is 1.62. The molecule has 10 amide bonds. The first-order chi connectivity index (χ1) is 71.3. The van der Waals surface area contributed by atoms with Gasteiger partial charge in [-0.2, -0.15) is 0 Å². The Morgan fingerprint density at radius 2 is 0.920 bits per heavy atom. The van der Waals surface area contributed by atoms with Gasteiger partial charge in [0.2, 0.25) is 11.8 Å². The fraction of sp³-hybridized carbons (Fsp3) is 0.443. The van der Waals surface area contributed by atoms with Gasteiger partial charge in [0.15, 0.2) is 17.5 Å². The number of carbonyl (C=O) groups excluding carboxylic acids is 10. The van der Waals surface area contributed by atoms with Gasteiger partial charge in [0.05, 0.1) is 108 Å². The third-order valence-corrected chi connectivity index (χ3v) is 30.1. The van der Waals surface area contributed by atoms with Gasteiger partial charge in [-0.05, 0) is 252 Å². The second-order valence-corrected chi connectivity index (χ2v) is 40.8. The molecule has 21 rings (SSSR count). The van der Waals surface area contributed by atoms with Crippen LogP contribution >= 0.6 is 0 Å². The van der Waals surface area contributed by atoms with E-state index in [-0.39, 0.29) is 122 Å². The number of methoxy groups -OCH3 is 2. The number of amides is 10. The lowest BCUT2D eigenvalue weighted by Crippen LogP contribution is -2.59. The number of aliphatic carboxylic acids is 1. The van der Waals surface area contributed by atoms with E-state index in [1.807, 2.05) is 167 Å². The summed E-state index contributed by atoms with van der Waals surface area (Å²) in [6, 6.07) is 41.1. The molecular weight excluding hydrogens is 1920 g/mol. The van der Waals surface area contributed by atoms with Crippen LogP contribution in [0.25, 0.3) is 44.8 Å². The number of rotatable bonds is 18. The number of fused-ring (bicyclic) bond motifs is 5. The molecule has 6 N–H and O–H groups in total. The molecule has 4 aromatic heterocycles. The number of hydrogen-bond donors (Lipinski definition) is 6. The number of piperazine rings is 2. The highest BCUT2D eigenvalue weighted by Crippen LogP contribution is 2.43. The highest BCUT2D eigenvalue weighted by Gasteiger charge is 2.52. The van der Waals surface area contributed by atoms with Crippen LogP contribution in [0.15, 0.2) is 173 Å². The Balaban J connectivity index is 0.000000141. The number of furan rings is 2. The zero-order valence-corrected chi connectivity index (χ0v) is 87.4. The monoisotopic (exact) mass is 2050 g/mol. The Morgan fingerprint density at radius 1 is 0.467 bits per heavy atom. The van der Waals surface area contributed by atoms with Gasteiger partial charge in [-0.25, -0.2) is 63.1 Å². The van der Waals surface area contributed by atoms with Crippen LogP contribution in [0.1, 0.15) is 256 Å². The quantitative estimate of drug-likeness (QED) is 0.0434. The van der Waals surface area contributed by atoms with Crippen molar-refractivity contribution in [2.24, 2.45) is 17.8 Å². The van der Waals surface area contributed by atoms with Crippen molar-refractivity contribution < 1.29 is 110 Å². The lowest BCUT2D eigenvalue weighted by Gasteiger charge is -2.37. The molecule has 12 atom stereocenters. The van der Waals surface area contributed by atoms with Gasteiger partial charge >= 0.3 is 42.4 Å².